The van der Waals surface area contributed by atoms with E-state index < -0.39 is 23.7 Å². The molecule has 0 aromatic rings. The van der Waals surface area contributed by atoms with E-state index in [1.807, 2.05) is 0 Å². The van der Waals surface area contributed by atoms with Crippen molar-refractivity contribution in [2.45, 2.75) is 89.9 Å². The van der Waals surface area contributed by atoms with Crippen LogP contribution in [0.2, 0.25) is 0 Å². The molecule has 2 N–H and O–H groups in total. The zero-order valence-corrected chi connectivity index (χ0v) is 14.8. The lowest BCUT2D eigenvalue weighted by Crippen LogP contribution is -2.43. The summed E-state index contributed by atoms with van der Waals surface area (Å²) in [5.74, 6) is -1.45. The minimum atomic E-state index is -1.15. The van der Waals surface area contributed by atoms with Crippen molar-refractivity contribution in [2.75, 3.05) is 0 Å². The fourth-order valence-corrected chi connectivity index (χ4v) is 2.59. The molecule has 0 heterocycles. The largest absolute Gasteiger partial charge is 0.480 e. The fourth-order valence-electron chi connectivity index (χ4n) is 2.59. The molecular weight excluding hydrogens is 314 g/mol. The van der Waals surface area contributed by atoms with E-state index in [4.69, 9.17) is 14.6 Å². The Labute approximate surface area is 143 Å². The van der Waals surface area contributed by atoms with Crippen molar-refractivity contribution in [1.82, 2.24) is 5.32 Å². The summed E-state index contributed by atoms with van der Waals surface area (Å²) in [6, 6.07) is -1.08. The van der Waals surface area contributed by atoms with E-state index in [9.17, 15) is 14.4 Å². The summed E-state index contributed by atoms with van der Waals surface area (Å²) in [5, 5.41) is 11.5. The Kier molecular flexibility index (Phi) is 8.01. The highest BCUT2D eigenvalue weighted by molar-refractivity contribution is 5.80. The third kappa shape index (κ3) is 8.74. The lowest BCUT2D eigenvalue weighted by molar-refractivity contribution is -0.151. The highest BCUT2D eigenvalue weighted by Gasteiger charge is 2.24. The number of esters is 1. The number of aliphatic carboxylic acids is 1. The van der Waals surface area contributed by atoms with Crippen molar-refractivity contribution < 1.29 is 29.0 Å². The van der Waals surface area contributed by atoms with Gasteiger partial charge in [0.1, 0.15) is 17.7 Å². The van der Waals surface area contributed by atoms with E-state index in [1.165, 1.54) is 6.42 Å². The van der Waals surface area contributed by atoms with Crippen LogP contribution in [0.15, 0.2) is 0 Å². The number of nitrogens with one attached hydrogen (secondary N) is 1. The second-order valence-corrected chi connectivity index (χ2v) is 7.18. The number of rotatable bonds is 7. The Morgan fingerprint density at radius 1 is 1.17 bits per heavy atom. The summed E-state index contributed by atoms with van der Waals surface area (Å²) in [6.45, 7) is 5.09. The lowest BCUT2D eigenvalue weighted by Gasteiger charge is -2.22. The predicted molar refractivity (Wildman–Crippen MR) is 87.6 cm³/mol. The number of amides is 1. The molecule has 7 nitrogen and oxygen atoms in total. The van der Waals surface area contributed by atoms with E-state index in [-0.39, 0.29) is 24.9 Å². The maximum Gasteiger partial charge on any atom is 0.408 e. The van der Waals surface area contributed by atoms with Crippen molar-refractivity contribution in [3.63, 3.8) is 0 Å². The molecule has 7 heteroatoms. The molecule has 0 radical (unpaired) electrons. The summed E-state index contributed by atoms with van der Waals surface area (Å²) < 4.78 is 10.4. The van der Waals surface area contributed by atoms with Gasteiger partial charge in [0, 0.05) is 6.42 Å². The van der Waals surface area contributed by atoms with Crippen LogP contribution in [0.4, 0.5) is 4.79 Å². The van der Waals surface area contributed by atoms with Gasteiger partial charge in [-0.25, -0.2) is 9.59 Å². The molecule has 0 bridgehead atoms. The van der Waals surface area contributed by atoms with Crippen LogP contribution in [0.3, 0.4) is 0 Å². The van der Waals surface area contributed by atoms with Gasteiger partial charge in [-0.3, -0.25) is 4.79 Å². The molecule has 0 aliphatic heterocycles. The van der Waals surface area contributed by atoms with Gasteiger partial charge in [-0.1, -0.05) is 6.42 Å². The van der Waals surface area contributed by atoms with Crippen LogP contribution in [0.5, 0.6) is 0 Å². The van der Waals surface area contributed by atoms with Gasteiger partial charge in [0.2, 0.25) is 0 Å². The van der Waals surface area contributed by atoms with E-state index in [1.54, 1.807) is 20.8 Å². The summed E-state index contributed by atoms with van der Waals surface area (Å²) in [7, 11) is 0. The molecule has 0 spiro atoms. The molecule has 1 fully saturated rings. The Hall–Kier alpha value is -1.79. The van der Waals surface area contributed by atoms with Crippen LogP contribution in [0, 0.1) is 0 Å². The average Bonchev–Trinajstić information content (AvgIpc) is 2.45. The van der Waals surface area contributed by atoms with E-state index >= 15 is 0 Å². The highest BCUT2D eigenvalue weighted by atomic mass is 16.6. The maximum absolute atomic E-state index is 11.8. The van der Waals surface area contributed by atoms with Gasteiger partial charge in [-0.05, 0) is 59.3 Å². The highest BCUT2D eigenvalue weighted by Crippen LogP contribution is 2.21. The van der Waals surface area contributed by atoms with Gasteiger partial charge in [0.05, 0.1) is 0 Å². The first-order chi connectivity index (χ1) is 11.2. The van der Waals surface area contributed by atoms with Crippen molar-refractivity contribution in [3.05, 3.63) is 0 Å². The quantitative estimate of drug-likeness (QED) is 0.689. The summed E-state index contributed by atoms with van der Waals surface area (Å²) >= 11 is 0. The topological polar surface area (TPSA) is 102 Å². The number of carboxylic acid groups (broad SMARTS) is 1. The van der Waals surface area contributed by atoms with Crippen LogP contribution >= 0.6 is 0 Å². The average molecular weight is 343 g/mol. The first-order valence-corrected chi connectivity index (χ1v) is 8.59. The minimum Gasteiger partial charge on any atom is -0.480 e. The second-order valence-electron chi connectivity index (χ2n) is 7.18. The van der Waals surface area contributed by atoms with Gasteiger partial charge in [-0.15, -0.1) is 0 Å². The molecular formula is C17H29NO6. The van der Waals surface area contributed by atoms with E-state index in [0.717, 1.165) is 25.7 Å². The number of carboxylic acids is 1. The second kappa shape index (κ2) is 9.49. The Morgan fingerprint density at radius 3 is 2.33 bits per heavy atom. The number of alkyl carbamates (subject to hydrolysis) is 1. The van der Waals surface area contributed by atoms with Crippen molar-refractivity contribution in [3.8, 4) is 0 Å². The number of ether oxygens (including phenoxy) is 2. The Balaban J connectivity index is 2.31. The number of carbonyl (C=O) groups is 3. The van der Waals surface area contributed by atoms with Crippen LogP contribution in [-0.4, -0.2) is 40.9 Å². The molecule has 1 atom stereocenters. The third-order valence-corrected chi connectivity index (χ3v) is 3.71. The number of carbonyl (C=O) groups excluding carboxylic acids is 2. The van der Waals surface area contributed by atoms with E-state index in [0.29, 0.717) is 6.42 Å². The first kappa shape index (κ1) is 20.3. The van der Waals surface area contributed by atoms with Crippen molar-refractivity contribution >= 4 is 18.0 Å². The Bertz CT molecular complexity index is 437. The Morgan fingerprint density at radius 2 is 1.79 bits per heavy atom. The van der Waals surface area contributed by atoms with Crippen molar-refractivity contribution in [1.29, 1.82) is 0 Å². The molecule has 1 rings (SSSR count). The van der Waals surface area contributed by atoms with Gasteiger partial charge in [0.15, 0.2) is 0 Å². The standard InChI is InChI=1S/C17H29NO6/c1-17(2,3)24-16(22)18-13(15(20)21)10-7-11-14(19)23-12-8-5-4-6-9-12/h12-13H,4-11H2,1-3H3,(H,18,22)(H,20,21)/t13-/m0/s1. The minimum absolute atomic E-state index is 0.00130. The molecule has 1 aliphatic carbocycles. The number of hydrogen-bond donors (Lipinski definition) is 2. The normalized spacial score (nSPS) is 17.0. The molecule has 0 aromatic heterocycles. The maximum atomic E-state index is 11.8. The molecule has 0 saturated heterocycles. The fraction of sp³-hybridized carbons (Fsp3) is 0.824. The summed E-state index contributed by atoms with van der Waals surface area (Å²) in [5.41, 5.74) is -0.697. The molecule has 1 amide bonds. The lowest BCUT2D eigenvalue weighted by atomic mass is 9.98. The van der Waals surface area contributed by atoms with Gasteiger partial charge >= 0.3 is 18.0 Å². The molecule has 24 heavy (non-hydrogen) atoms. The van der Waals surface area contributed by atoms with E-state index in [2.05, 4.69) is 5.32 Å². The van der Waals surface area contributed by atoms with Gasteiger partial charge in [-0.2, -0.15) is 0 Å². The summed E-state index contributed by atoms with van der Waals surface area (Å²) in [6.07, 6.45) is 5.01. The van der Waals surface area contributed by atoms with Crippen molar-refractivity contribution in [2.24, 2.45) is 0 Å². The predicted octanol–water partition coefficient (Wildman–Crippen LogP) is 3.01. The van der Waals surface area contributed by atoms with Crippen LogP contribution in [0.25, 0.3) is 0 Å². The smallest absolute Gasteiger partial charge is 0.408 e. The zero-order chi connectivity index (χ0) is 18.2. The molecule has 138 valence electrons. The SMILES string of the molecule is CC(C)(C)OC(=O)N[C@@H](CCCC(=O)OC1CCCCC1)C(=O)O. The van der Waals surface area contributed by atoms with Crippen LogP contribution in [0.1, 0.15) is 72.1 Å². The van der Waals surface area contributed by atoms with Crippen LogP contribution < -0.4 is 5.32 Å². The summed E-state index contributed by atoms with van der Waals surface area (Å²) in [4.78, 5) is 34.6. The molecule has 0 aromatic carbocycles. The zero-order valence-electron chi connectivity index (χ0n) is 14.8. The third-order valence-electron chi connectivity index (χ3n) is 3.71. The van der Waals surface area contributed by atoms with Crippen LogP contribution in [-0.2, 0) is 19.1 Å². The number of hydrogen-bond acceptors (Lipinski definition) is 5. The molecule has 1 saturated carbocycles. The first-order valence-electron chi connectivity index (χ1n) is 8.59. The monoisotopic (exact) mass is 343 g/mol. The molecule has 1 aliphatic rings. The van der Waals surface area contributed by atoms with Gasteiger partial charge < -0.3 is 19.9 Å². The van der Waals surface area contributed by atoms with Gasteiger partial charge in [0.25, 0.3) is 0 Å². The molecule has 0 unspecified atom stereocenters.